The molecule has 168 valence electrons. The summed E-state index contributed by atoms with van der Waals surface area (Å²) >= 11 is 0. The zero-order valence-corrected chi connectivity index (χ0v) is 15.9. The smallest absolute Gasteiger partial charge is 0.170 e. The summed E-state index contributed by atoms with van der Waals surface area (Å²) in [6, 6.07) is 0. The first-order chi connectivity index (χ1) is 12.8. The van der Waals surface area contributed by atoms with Crippen LogP contribution < -0.4 is 0 Å². The minimum Gasteiger partial charge on any atom is -0.170 e. The molecule has 0 bridgehead atoms. The van der Waals surface area contributed by atoms with E-state index in [1.165, 1.54) is 32.1 Å². The zero-order chi connectivity index (χ0) is 21.5. The fraction of sp³-hybridized carbons (Fsp3) is 1.00. The summed E-state index contributed by atoms with van der Waals surface area (Å²) in [5.41, 5.74) is -5.65. The number of unbranched alkanes of at least 4 members (excludes halogenated alkanes) is 6. The van der Waals surface area contributed by atoms with E-state index in [-0.39, 0.29) is 6.42 Å². The first-order valence-electron chi connectivity index (χ1n) is 10.0. The molecule has 0 saturated heterocycles. The van der Waals surface area contributed by atoms with Gasteiger partial charge in [0.25, 0.3) is 5.41 Å². The van der Waals surface area contributed by atoms with Crippen LogP contribution in [-0.2, 0) is 0 Å². The molecule has 28 heavy (non-hydrogen) atoms. The molecule has 1 aliphatic carbocycles. The summed E-state index contributed by atoms with van der Waals surface area (Å²) in [5, 5.41) is 0. The summed E-state index contributed by atoms with van der Waals surface area (Å²) < 4.78 is 115. The Morgan fingerprint density at radius 3 is 1.32 bits per heavy atom. The Labute approximate surface area is 160 Å². The van der Waals surface area contributed by atoms with Gasteiger partial charge in [0, 0.05) is 0 Å². The highest BCUT2D eigenvalue weighted by molar-refractivity contribution is 4.99. The summed E-state index contributed by atoms with van der Waals surface area (Å²) in [5.74, 6) is 0.758. The molecule has 0 aromatic rings. The van der Waals surface area contributed by atoms with Crippen LogP contribution in [0.25, 0.3) is 0 Å². The fourth-order valence-electron chi connectivity index (χ4n) is 4.09. The molecule has 0 unspecified atom stereocenters. The van der Waals surface area contributed by atoms with Crippen LogP contribution in [0.3, 0.4) is 0 Å². The molecule has 0 spiro atoms. The second-order valence-electron chi connectivity index (χ2n) is 7.92. The molecule has 1 rings (SSSR count). The van der Waals surface area contributed by atoms with Crippen molar-refractivity contribution in [3.8, 4) is 0 Å². The monoisotopic (exact) mass is 428 g/mol. The van der Waals surface area contributed by atoms with E-state index in [0.29, 0.717) is 12.8 Å². The number of hydrogen-bond donors (Lipinski definition) is 0. The molecule has 0 amide bonds. The fourth-order valence-corrected chi connectivity index (χ4v) is 4.09. The van der Waals surface area contributed by atoms with Gasteiger partial charge in [0.15, 0.2) is 0 Å². The summed E-state index contributed by atoms with van der Waals surface area (Å²) in [7, 11) is 0. The van der Waals surface area contributed by atoms with Crippen LogP contribution in [-0.4, -0.2) is 18.5 Å². The maximum absolute atomic E-state index is 12.8. The Bertz CT molecular complexity index is 392. The van der Waals surface area contributed by atoms with Gasteiger partial charge in [-0.05, 0) is 12.3 Å². The van der Waals surface area contributed by atoms with Crippen LogP contribution in [0.1, 0.15) is 89.9 Å². The molecule has 1 fully saturated rings. The van der Waals surface area contributed by atoms with E-state index in [0.717, 1.165) is 31.6 Å². The predicted molar refractivity (Wildman–Crippen MR) is 88.7 cm³/mol. The van der Waals surface area contributed by atoms with Gasteiger partial charge in [-0.1, -0.05) is 83.5 Å². The van der Waals surface area contributed by atoms with Gasteiger partial charge in [-0.15, -0.1) is 0 Å². The van der Waals surface area contributed by atoms with Crippen LogP contribution in [0, 0.1) is 11.3 Å². The third-order valence-electron chi connectivity index (χ3n) is 5.84. The van der Waals surface area contributed by atoms with Crippen molar-refractivity contribution in [3.63, 3.8) is 0 Å². The van der Waals surface area contributed by atoms with Gasteiger partial charge >= 0.3 is 18.5 Å². The topological polar surface area (TPSA) is 0 Å². The second-order valence-corrected chi connectivity index (χ2v) is 7.92. The number of halogens is 9. The molecular formula is C19H29F9. The lowest BCUT2D eigenvalue weighted by molar-refractivity contribution is -0.429. The van der Waals surface area contributed by atoms with Crippen molar-refractivity contribution in [2.45, 2.75) is 108 Å². The summed E-state index contributed by atoms with van der Waals surface area (Å²) in [6.07, 6.45) is -10.9. The van der Waals surface area contributed by atoms with Crippen molar-refractivity contribution < 1.29 is 39.5 Å². The maximum atomic E-state index is 12.8. The first kappa shape index (κ1) is 25.4. The summed E-state index contributed by atoms with van der Waals surface area (Å²) in [6.45, 7) is 0. The molecule has 0 atom stereocenters. The minimum atomic E-state index is -6.43. The molecule has 1 aliphatic rings. The van der Waals surface area contributed by atoms with Crippen LogP contribution in [0.15, 0.2) is 0 Å². The maximum Gasteiger partial charge on any atom is 0.412 e. The summed E-state index contributed by atoms with van der Waals surface area (Å²) in [4.78, 5) is 0. The Balaban J connectivity index is 2.33. The van der Waals surface area contributed by atoms with Crippen LogP contribution in [0.4, 0.5) is 39.5 Å². The average Bonchev–Trinajstić information content (AvgIpc) is 2.54. The Morgan fingerprint density at radius 2 is 0.893 bits per heavy atom. The quantitative estimate of drug-likeness (QED) is 0.241. The number of hydrogen-bond acceptors (Lipinski definition) is 0. The largest absolute Gasteiger partial charge is 0.412 e. The highest BCUT2D eigenvalue weighted by atomic mass is 19.4. The SMILES string of the molecule is FC(F)(F)C(CCCCCCCCCC1CCCCC1)(C(F)(F)F)C(F)(F)F. The third kappa shape index (κ3) is 6.71. The van der Waals surface area contributed by atoms with Crippen molar-refractivity contribution >= 4 is 0 Å². The minimum absolute atomic E-state index is 0.0768. The van der Waals surface area contributed by atoms with E-state index in [4.69, 9.17) is 0 Å². The van der Waals surface area contributed by atoms with E-state index in [2.05, 4.69) is 0 Å². The van der Waals surface area contributed by atoms with Gasteiger partial charge in [0.2, 0.25) is 0 Å². The molecule has 0 heterocycles. The van der Waals surface area contributed by atoms with Crippen molar-refractivity contribution in [2.75, 3.05) is 0 Å². The van der Waals surface area contributed by atoms with E-state index in [1.54, 1.807) is 0 Å². The molecule has 0 nitrogen and oxygen atoms in total. The van der Waals surface area contributed by atoms with Gasteiger partial charge in [0.1, 0.15) is 0 Å². The molecule has 0 aromatic carbocycles. The molecule has 0 aromatic heterocycles. The molecule has 0 radical (unpaired) electrons. The van der Waals surface area contributed by atoms with Crippen molar-refractivity contribution in [2.24, 2.45) is 11.3 Å². The lowest BCUT2D eigenvalue weighted by Crippen LogP contribution is -2.59. The number of rotatable bonds is 10. The molecule has 1 saturated carbocycles. The molecule has 0 aliphatic heterocycles. The van der Waals surface area contributed by atoms with Crippen LogP contribution in [0.5, 0.6) is 0 Å². The van der Waals surface area contributed by atoms with Gasteiger partial charge in [0.05, 0.1) is 0 Å². The standard InChI is InChI=1S/C19H29F9/c20-17(21,22)16(18(23,24)25,19(26,27)28)14-10-5-3-1-2-4-7-11-15-12-8-6-9-13-15/h15H,1-14H2. The van der Waals surface area contributed by atoms with Crippen molar-refractivity contribution in [1.82, 2.24) is 0 Å². The lowest BCUT2D eigenvalue weighted by atomic mass is 9.80. The molecule has 0 N–H and O–H groups in total. The second kappa shape index (κ2) is 10.4. The van der Waals surface area contributed by atoms with Crippen LogP contribution in [0.2, 0.25) is 0 Å². The van der Waals surface area contributed by atoms with Gasteiger partial charge in [-0.2, -0.15) is 39.5 Å². The highest BCUT2D eigenvalue weighted by Crippen LogP contribution is 2.61. The van der Waals surface area contributed by atoms with E-state index >= 15 is 0 Å². The van der Waals surface area contributed by atoms with E-state index < -0.39 is 36.8 Å². The Morgan fingerprint density at radius 1 is 0.500 bits per heavy atom. The van der Waals surface area contributed by atoms with Gasteiger partial charge in [-0.3, -0.25) is 0 Å². The Kier molecular flexibility index (Phi) is 9.45. The normalized spacial score (nSPS) is 17.9. The van der Waals surface area contributed by atoms with E-state index in [1.807, 2.05) is 0 Å². The predicted octanol–water partition coefficient (Wildman–Crippen LogP) is 8.75. The van der Waals surface area contributed by atoms with Crippen molar-refractivity contribution in [3.05, 3.63) is 0 Å². The molecule has 9 heteroatoms. The zero-order valence-electron chi connectivity index (χ0n) is 15.9. The first-order valence-corrected chi connectivity index (χ1v) is 10.0. The Hall–Kier alpha value is -0.630. The highest BCUT2D eigenvalue weighted by Gasteiger charge is 2.82. The van der Waals surface area contributed by atoms with Crippen LogP contribution >= 0.6 is 0 Å². The van der Waals surface area contributed by atoms with Crippen molar-refractivity contribution in [1.29, 1.82) is 0 Å². The van der Waals surface area contributed by atoms with Gasteiger partial charge < -0.3 is 0 Å². The third-order valence-corrected chi connectivity index (χ3v) is 5.84. The van der Waals surface area contributed by atoms with Gasteiger partial charge in [-0.25, -0.2) is 0 Å². The lowest BCUT2D eigenvalue weighted by Gasteiger charge is -2.38. The van der Waals surface area contributed by atoms with E-state index in [9.17, 15) is 39.5 Å². The average molecular weight is 428 g/mol. The number of alkyl halides is 9. The molecular weight excluding hydrogens is 399 g/mol.